The minimum Gasteiger partial charge on any atom is -0.345 e. The summed E-state index contributed by atoms with van der Waals surface area (Å²) in [5, 5.41) is 4.32. The van der Waals surface area contributed by atoms with Gasteiger partial charge in [-0.15, -0.1) is 0 Å². The third kappa shape index (κ3) is 4.82. The summed E-state index contributed by atoms with van der Waals surface area (Å²) in [6.07, 6.45) is 10.5. The molecule has 38 heavy (non-hydrogen) atoms. The fourth-order valence-corrected chi connectivity index (χ4v) is 5.72. The molecule has 1 N–H and O–H groups in total. The van der Waals surface area contributed by atoms with E-state index in [-0.39, 0.29) is 17.1 Å². The number of rotatable bonds is 9. The van der Waals surface area contributed by atoms with E-state index >= 15 is 0 Å². The van der Waals surface area contributed by atoms with E-state index < -0.39 is 0 Å². The van der Waals surface area contributed by atoms with Gasteiger partial charge in [0.2, 0.25) is 11.9 Å². The maximum absolute atomic E-state index is 12.2. The Morgan fingerprint density at radius 3 is 2.47 bits per heavy atom. The monoisotopic (exact) mass is 513 g/mol. The summed E-state index contributed by atoms with van der Waals surface area (Å²) in [5.74, 6) is 1.37. The molecule has 9 nitrogen and oxygen atoms in total. The highest BCUT2D eigenvalue weighted by Crippen LogP contribution is 2.48. The Morgan fingerprint density at radius 2 is 1.84 bits per heavy atom. The Labute approximate surface area is 222 Å². The highest BCUT2D eigenvalue weighted by atomic mass is 16.2. The van der Waals surface area contributed by atoms with Crippen molar-refractivity contribution in [2.75, 3.05) is 31.5 Å². The lowest BCUT2D eigenvalue weighted by Crippen LogP contribution is -2.49. The molecule has 3 aliphatic rings. The number of piperazine rings is 1. The van der Waals surface area contributed by atoms with Crippen molar-refractivity contribution >= 4 is 22.9 Å². The Bertz CT molecular complexity index is 1400. The standard InChI is InChI=1S/C29H35N7O2/c1-3-25(37)35-15-13-34(14-16-35)24(17-20-5-6-20)21-7-9-23(10-8-21)29(11-12-29)33-27-30-18-22-19-31-28(38)36(4-2)26(22)32-27/h3,7-10,18-20,24H,1,4-6,11-17H2,2H3,(H,30,32,33). The predicted octanol–water partition coefficient (Wildman–Crippen LogP) is 3.48. The van der Waals surface area contributed by atoms with Gasteiger partial charge in [0.1, 0.15) is 0 Å². The average molecular weight is 514 g/mol. The predicted molar refractivity (Wildman–Crippen MR) is 147 cm³/mol. The molecule has 0 radical (unpaired) electrons. The third-order valence-corrected chi connectivity index (χ3v) is 8.36. The zero-order valence-corrected chi connectivity index (χ0v) is 22.0. The van der Waals surface area contributed by atoms with Crippen LogP contribution in [0.15, 0.2) is 54.1 Å². The first-order chi connectivity index (χ1) is 18.5. The Morgan fingerprint density at radius 1 is 1.13 bits per heavy atom. The van der Waals surface area contributed by atoms with E-state index in [1.165, 1.54) is 42.7 Å². The van der Waals surface area contributed by atoms with Gasteiger partial charge in [-0.2, -0.15) is 4.98 Å². The zero-order valence-electron chi connectivity index (χ0n) is 22.0. The van der Waals surface area contributed by atoms with Gasteiger partial charge >= 0.3 is 5.69 Å². The fraction of sp³-hybridized carbons (Fsp3) is 0.483. The van der Waals surface area contributed by atoms with Gasteiger partial charge in [0.05, 0.1) is 10.9 Å². The smallest absolute Gasteiger partial charge is 0.345 e. The first-order valence-corrected chi connectivity index (χ1v) is 13.8. The van der Waals surface area contributed by atoms with E-state index in [2.05, 4.69) is 56.0 Å². The Hall–Kier alpha value is -3.59. The Balaban J connectivity index is 1.20. The van der Waals surface area contributed by atoms with Crippen molar-refractivity contribution in [2.45, 2.75) is 57.2 Å². The van der Waals surface area contributed by atoms with Crippen molar-refractivity contribution in [1.29, 1.82) is 0 Å². The number of fused-ring (bicyclic) bond motifs is 1. The lowest BCUT2D eigenvalue weighted by Gasteiger charge is -2.39. The summed E-state index contributed by atoms with van der Waals surface area (Å²) in [6, 6.07) is 9.45. The topological polar surface area (TPSA) is 96.3 Å². The van der Waals surface area contributed by atoms with E-state index in [0.29, 0.717) is 24.2 Å². The molecule has 0 bridgehead atoms. The zero-order chi connectivity index (χ0) is 26.3. The van der Waals surface area contributed by atoms with Crippen LogP contribution in [-0.2, 0) is 16.9 Å². The highest BCUT2D eigenvalue weighted by molar-refractivity contribution is 5.87. The van der Waals surface area contributed by atoms with Crippen LogP contribution in [0.3, 0.4) is 0 Å². The van der Waals surface area contributed by atoms with Gasteiger partial charge in [-0.25, -0.2) is 14.8 Å². The molecule has 1 amide bonds. The summed E-state index contributed by atoms with van der Waals surface area (Å²) in [7, 11) is 0. The summed E-state index contributed by atoms with van der Waals surface area (Å²) >= 11 is 0. The van der Waals surface area contributed by atoms with Crippen LogP contribution in [0.2, 0.25) is 0 Å². The van der Waals surface area contributed by atoms with Crippen LogP contribution in [0.4, 0.5) is 5.95 Å². The van der Waals surface area contributed by atoms with Crippen molar-refractivity contribution < 1.29 is 4.79 Å². The number of nitrogens with one attached hydrogen (secondary N) is 1. The van der Waals surface area contributed by atoms with Crippen molar-refractivity contribution in [3.05, 3.63) is 70.9 Å². The van der Waals surface area contributed by atoms with Crippen LogP contribution in [0.5, 0.6) is 0 Å². The number of hydrogen-bond donors (Lipinski definition) is 1. The molecule has 6 rings (SSSR count). The van der Waals surface area contributed by atoms with E-state index in [9.17, 15) is 9.59 Å². The molecule has 3 heterocycles. The van der Waals surface area contributed by atoms with E-state index in [1.807, 2.05) is 11.8 Å². The molecule has 9 heteroatoms. The van der Waals surface area contributed by atoms with Gasteiger partial charge in [-0.3, -0.25) is 14.3 Å². The van der Waals surface area contributed by atoms with Gasteiger partial charge in [0.25, 0.3) is 0 Å². The maximum atomic E-state index is 12.2. The minimum atomic E-state index is -0.296. The molecule has 0 spiro atoms. The largest absolute Gasteiger partial charge is 0.349 e. The molecule has 2 aromatic heterocycles. The molecule has 1 atom stereocenters. The number of amides is 1. The van der Waals surface area contributed by atoms with Crippen molar-refractivity contribution in [2.24, 2.45) is 5.92 Å². The molecular formula is C29H35N7O2. The molecule has 2 saturated carbocycles. The second-order valence-electron chi connectivity index (χ2n) is 10.8. The van der Waals surface area contributed by atoms with Crippen LogP contribution in [-0.4, -0.2) is 61.4 Å². The van der Waals surface area contributed by atoms with Crippen molar-refractivity contribution in [3.8, 4) is 0 Å². The molecule has 1 aromatic carbocycles. The summed E-state index contributed by atoms with van der Waals surface area (Å²) in [4.78, 5) is 41.8. The number of benzene rings is 1. The number of anilines is 1. The fourth-order valence-electron chi connectivity index (χ4n) is 5.72. The highest BCUT2D eigenvalue weighted by Gasteiger charge is 2.45. The number of hydrogen-bond acceptors (Lipinski definition) is 7. The van der Waals surface area contributed by atoms with Crippen LogP contribution in [0.1, 0.15) is 56.2 Å². The number of carbonyl (C=O) groups excluding carboxylic acids is 1. The van der Waals surface area contributed by atoms with Crippen LogP contribution in [0.25, 0.3) is 11.0 Å². The van der Waals surface area contributed by atoms with E-state index in [0.717, 1.165) is 50.3 Å². The molecule has 1 saturated heterocycles. The van der Waals surface area contributed by atoms with Crippen molar-refractivity contribution in [3.63, 3.8) is 0 Å². The molecule has 3 aromatic rings. The maximum Gasteiger partial charge on any atom is 0.349 e. The van der Waals surface area contributed by atoms with Crippen LogP contribution >= 0.6 is 0 Å². The average Bonchev–Trinajstić information content (AvgIpc) is 3.89. The molecule has 1 unspecified atom stereocenters. The normalized spacial score (nSPS) is 19.8. The lowest BCUT2D eigenvalue weighted by atomic mass is 9.95. The first kappa shape index (κ1) is 24.7. The lowest BCUT2D eigenvalue weighted by molar-refractivity contribution is -0.128. The third-order valence-electron chi connectivity index (χ3n) is 8.36. The van der Waals surface area contributed by atoms with Gasteiger partial charge < -0.3 is 10.2 Å². The SMILES string of the molecule is C=CC(=O)N1CCN(C(CC2CC2)c2ccc(C3(Nc4ncc5cnc(=O)n(CC)c5n4)CC3)cc2)CC1. The molecule has 198 valence electrons. The quantitative estimate of drug-likeness (QED) is 0.438. The van der Waals surface area contributed by atoms with E-state index in [4.69, 9.17) is 0 Å². The number of carbonyl (C=O) groups is 1. The summed E-state index contributed by atoms with van der Waals surface area (Å²) < 4.78 is 1.57. The van der Waals surface area contributed by atoms with E-state index in [1.54, 1.807) is 10.8 Å². The molecule has 3 fully saturated rings. The van der Waals surface area contributed by atoms with Crippen LogP contribution in [0, 0.1) is 5.92 Å². The Kier molecular flexibility index (Phi) is 6.47. The summed E-state index contributed by atoms with van der Waals surface area (Å²) in [5.41, 5.74) is 2.71. The second-order valence-corrected chi connectivity index (χ2v) is 10.8. The summed E-state index contributed by atoms with van der Waals surface area (Å²) in [6.45, 7) is 9.35. The number of aromatic nitrogens is 4. The van der Waals surface area contributed by atoms with Gasteiger partial charge in [0.15, 0.2) is 5.65 Å². The van der Waals surface area contributed by atoms with Gasteiger partial charge in [-0.1, -0.05) is 43.7 Å². The molecular weight excluding hydrogens is 478 g/mol. The molecule has 1 aliphatic heterocycles. The number of aryl methyl sites for hydroxylation is 1. The first-order valence-electron chi connectivity index (χ1n) is 13.8. The van der Waals surface area contributed by atoms with Crippen LogP contribution < -0.4 is 11.0 Å². The minimum absolute atomic E-state index is 0.0278. The van der Waals surface area contributed by atoms with Gasteiger partial charge in [0, 0.05) is 51.2 Å². The molecule has 2 aliphatic carbocycles. The number of nitrogens with zero attached hydrogens (tertiary/aromatic N) is 6. The van der Waals surface area contributed by atoms with Crippen molar-refractivity contribution in [1.82, 2.24) is 29.3 Å². The van der Waals surface area contributed by atoms with Gasteiger partial charge in [-0.05, 0) is 49.3 Å². The second kappa shape index (κ2) is 9.94.